The van der Waals surface area contributed by atoms with Crippen LogP contribution in [-0.4, -0.2) is 17.6 Å². The number of hydrogen-bond donors (Lipinski definition) is 1. The Morgan fingerprint density at radius 3 is 2.67 bits per heavy atom. The number of amides is 1. The third-order valence-corrected chi connectivity index (χ3v) is 4.53. The maximum atomic E-state index is 12.7. The molecule has 0 saturated carbocycles. The Labute approximate surface area is 172 Å². The van der Waals surface area contributed by atoms with Gasteiger partial charge in [-0.05, 0) is 24.3 Å². The summed E-state index contributed by atoms with van der Waals surface area (Å²) in [5.41, 5.74) is 2.05. The van der Waals surface area contributed by atoms with Crippen LogP contribution in [0.25, 0.3) is 0 Å². The van der Waals surface area contributed by atoms with E-state index in [0.717, 1.165) is 0 Å². The lowest BCUT2D eigenvalue weighted by Gasteiger charge is -2.21. The maximum Gasteiger partial charge on any atom is 0.270 e. The SMILES string of the molecule is O=C(Nc1ccccc1)c1ccccc1OCc1cc([N+](=O)[O-])cc2c1OCOC2. The predicted molar refractivity (Wildman–Crippen MR) is 109 cm³/mol. The number of nitrogens with one attached hydrogen (secondary N) is 1. The number of hydrogen-bond acceptors (Lipinski definition) is 6. The minimum Gasteiger partial charge on any atom is -0.488 e. The second-order valence-electron chi connectivity index (χ2n) is 6.57. The van der Waals surface area contributed by atoms with Gasteiger partial charge in [-0.3, -0.25) is 14.9 Å². The molecule has 0 radical (unpaired) electrons. The molecule has 0 fully saturated rings. The topological polar surface area (TPSA) is 99.9 Å². The fourth-order valence-electron chi connectivity index (χ4n) is 3.15. The van der Waals surface area contributed by atoms with Gasteiger partial charge in [0.15, 0.2) is 6.79 Å². The Bertz CT molecular complexity index is 1080. The molecule has 8 nitrogen and oxygen atoms in total. The van der Waals surface area contributed by atoms with Crippen LogP contribution in [0.1, 0.15) is 21.5 Å². The molecule has 1 aliphatic rings. The van der Waals surface area contributed by atoms with Crippen molar-refractivity contribution >= 4 is 17.3 Å². The number of fused-ring (bicyclic) bond motifs is 1. The van der Waals surface area contributed by atoms with E-state index in [4.69, 9.17) is 14.2 Å². The molecule has 8 heteroatoms. The van der Waals surface area contributed by atoms with Crippen molar-refractivity contribution in [3.63, 3.8) is 0 Å². The molecular formula is C22H18N2O6. The first-order valence-electron chi connectivity index (χ1n) is 9.21. The summed E-state index contributed by atoms with van der Waals surface area (Å²) in [6.07, 6.45) is 0. The average molecular weight is 406 g/mol. The van der Waals surface area contributed by atoms with Crippen molar-refractivity contribution in [2.45, 2.75) is 13.2 Å². The summed E-state index contributed by atoms with van der Waals surface area (Å²) in [6, 6.07) is 18.8. The van der Waals surface area contributed by atoms with Crippen molar-refractivity contribution in [2.75, 3.05) is 12.1 Å². The van der Waals surface area contributed by atoms with Crippen molar-refractivity contribution in [1.29, 1.82) is 0 Å². The van der Waals surface area contributed by atoms with Crippen molar-refractivity contribution in [1.82, 2.24) is 0 Å². The maximum absolute atomic E-state index is 12.7. The van der Waals surface area contributed by atoms with E-state index in [1.165, 1.54) is 12.1 Å². The number of para-hydroxylation sites is 2. The molecule has 1 aliphatic heterocycles. The molecule has 1 amide bonds. The van der Waals surface area contributed by atoms with Crippen LogP contribution >= 0.6 is 0 Å². The summed E-state index contributed by atoms with van der Waals surface area (Å²) in [5.74, 6) is 0.554. The van der Waals surface area contributed by atoms with Gasteiger partial charge in [0.2, 0.25) is 0 Å². The zero-order valence-electron chi connectivity index (χ0n) is 15.9. The number of nitrogens with zero attached hydrogens (tertiary/aromatic N) is 1. The van der Waals surface area contributed by atoms with Crippen LogP contribution in [0.2, 0.25) is 0 Å². The Balaban J connectivity index is 1.57. The van der Waals surface area contributed by atoms with E-state index in [0.29, 0.717) is 33.9 Å². The largest absolute Gasteiger partial charge is 0.488 e. The van der Waals surface area contributed by atoms with Crippen LogP contribution in [-0.2, 0) is 18.0 Å². The fourth-order valence-corrected chi connectivity index (χ4v) is 3.15. The zero-order valence-corrected chi connectivity index (χ0v) is 15.9. The van der Waals surface area contributed by atoms with Crippen LogP contribution < -0.4 is 14.8 Å². The van der Waals surface area contributed by atoms with Gasteiger partial charge in [-0.25, -0.2) is 0 Å². The Hall–Kier alpha value is -3.91. The van der Waals surface area contributed by atoms with Gasteiger partial charge in [0.1, 0.15) is 18.1 Å². The molecule has 0 spiro atoms. The van der Waals surface area contributed by atoms with E-state index in [1.807, 2.05) is 18.2 Å². The molecule has 0 unspecified atom stereocenters. The molecule has 0 aliphatic carbocycles. The first kappa shape index (κ1) is 19.4. The van der Waals surface area contributed by atoms with Crippen LogP contribution in [0.5, 0.6) is 11.5 Å². The van der Waals surface area contributed by atoms with Crippen molar-refractivity contribution < 1.29 is 23.9 Å². The molecule has 0 atom stereocenters. The van der Waals surface area contributed by atoms with E-state index in [-0.39, 0.29) is 31.6 Å². The molecule has 1 heterocycles. The lowest BCUT2D eigenvalue weighted by molar-refractivity contribution is -0.385. The number of carbonyl (C=O) groups is 1. The minimum atomic E-state index is -0.473. The molecule has 0 saturated heterocycles. The number of benzene rings is 3. The third-order valence-electron chi connectivity index (χ3n) is 4.53. The average Bonchev–Trinajstić information content (AvgIpc) is 2.78. The second kappa shape index (κ2) is 8.62. The number of ether oxygens (including phenoxy) is 3. The van der Waals surface area contributed by atoms with Gasteiger partial charge in [-0.1, -0.05) is 30.3 Å². The van der Waals surface area contributed by atoms with E-state index < -0.39 is 4.92 Å². The number of non-ortho nitro benzene ring substituents is 1. The molecule has 1 N–H and O–H groups in total. The Morgan fingerprint density at radius 2 is 1.87 bits per heavy atom. The first-order valence-corrected chi connectivity index (χ1v) is 9.21. The highest BCUT2D eigenvalue weighted by atomic mass is 16.7. The minimum absolute atomic E-state index is 0.000354. The van der Waals surface area contributed by atoms with Gasteiger partial charge in [-0.2, -0.15) is 0 Å². The number of nitro benzene ring substituents is 1. The molecule has 152 valence electrons. The Kier molecular flexibility index (Phi) is 5.58. The summed E-state index contributed by atoms with van der Waals surface area (Å²) in [5, 5.41) is 14.1. The van der Waals surface area contributed by atoms with Crippen molar-refractivity contribution in [3.8, 4) is 11.5 Å². The van der Waals surface area contributed by atoms with Gasteiger partial charge >= 0.3 is 0 Å². The number of anilines is 1. The summed E-state index contributed by atoms with van der Waals surface area (Å²) in [4.78, 5) is 23.5. The van der Waals surface area contributed by atoms with Crippen LogP contribution in [0, 0.1) is 10.1 Å². The van der Waals surface area contributed by atoms with Gasteiger partial charge in [0, 0.05) is 28.9 Å². The quantitative estimate of drug-likeness (QED) is 0.484. The highest BCUT2D eigenvalue weighted by Crippen LogP contribution is 2.33. The van der Waals surface area contributed by atoms with Crippen LogP contribution in [0.15, 0.2) is 66.7 Å². The highest BCUT2D eigenvalue weighted by Gasteiger charge is 2.22. The van der Waals surface area contributed by atoms with Crippen molar-refractivity contribution in [2.24, 2.45) is 0 Å². The molecular weight excluding hydrogens is 388 g/mol. The van der Waals surface area contributed by atoms with E-state index in [2.05, 4.69) is 5.32 Å². The first-order chi connectivity index (χ1) is 14.6. The summed E-state index contributed by atoms with van der Waals surface area (Å²) in [7, 11) is 0. The molecule has 0 bridgehead atoms. The summed E-state index contributed by atoms with van der Waals surface area (Å²) >= 11 is 0. The molecule has 30 heavy (non-hydrogen) atoms. The standard InChI is InChI=1S/C22H18N2O6/c25-22(23-17-6-2-1-3-7-17)19-8-4-5-9-20(19)29-13-16-11-18(24(26)27)10-15-12-28-14-30-21(15)16/h1-11H,12-14H2,(H,23,25). The highest BCUT2D eigenvalue weighted by molar-refractivity contribution is 6.06. The fraction of sp³-hybridized carbons (Fsp3) is 0.136. The summed E-state index contributed by atoms with van der Waals surface area (Å²) < 4.78 is 16.6. The smallest absolute Gasteiger partial charge is 0.270 e. The van der Waals surface area contributed by atoms with Crippen LogP contribution in [0.3, 0.4) is 0 Å². The Morgan fingerprint density at radius 1 is 1.10 bits per heavy atom. The van der Waals surface area contributed by atoms with E-state index in [9.17, 15) is 14.9 Å². The summed E-state index contributed by atoms with van der Waals surface area (Å²) in [6.45, 7) is 0.285. The number of nitro groups is 1. The molecule has 3 aromatic rings. The molecule has 0 aromatic heterocycles. The third kappa shape index (κ3) is 4.23. The van der Waals surface area contributed by atoms with Gasteiger partial charge in [0.25, 0.3) is 11.6 Å². The lowest BCUT2D eigenvalue weighted by atomic mass is 10.1. The number of rotatable bonds is 6. The molecule has 4 rings (SSSR count). The predicted octanol–water partition coefficient (Wildman–Crippen LogP) is 4.29. The van der Waals surface area contributed by atoms with E-state index >= 15 is 0 Å². The van der Waals surface area contributed by atoms with Crippen LogP contribution in [0.4, 0.5) is 11.4 Å². The second-order valence-corrected chi connectivity index (χ2v) is 6.57. The van der Waals surface area contributed by atoms with E-state index in [1.54, 1.807) is 36.4 Å². The van der Waals surface area contributed by atoms with Gasteiger partial charge in [0.05, 0.1) is 17.1 Å². The number of carbonyl (C=O) groups excluding carboxylic acids is 1. The monoisotopic (exact) mass is 406 g/mol. The van der Waals surface area contributed by atoms with Gasteiger partial charge < -0.3 is 19.5 Å². The zero-order chi connectivity index (χ0) is 20.9. The normalized spacial score (nSPS) is 12.4. The lowest BCUT2D eigenvalue weighted by Crippen LogP contribution is -2.15. The van der Waals surface area contributed by atoms with Crippen molar-refractivity contribution in [3.05, 3.63) is 93.5 Å². The molecule has 3 aromatic carbocycles. The van der Waals surface area contributed by atoms with Gasteiger partial charge in [-0.15, -0.1) is 0 Å².